The molecule has 1 aliphatic rings. The highest BCUT2D eigenvalue weighted by Crippen LogP contribution is 2.26. The molecule has 2 N–H and O–H groups in total. The summed E-state index contributed by atoms with van der Waals surface area (Å²) in [4.78, 5) is 22.4. The van der Waals surface area contributed by atoms with Gasteiger partial charge in [-0.15, -0.1) is 0 Å². The maximum absolute atomic E-state index is 12.0. The first-order valence-corrected chi connectivity index (χ1v) is 6.47. The molecule has 0 radical (unpaired) electrons. The van der Waals surface area contributed by atoms with Crippen molar-refractivity contribution in [3.05, 3.63) is 35.9 Å². The number of carboxylic acids is 1. The zero-order valence-corrected chi connectivity index (χ0v) is 10.6. The van der Waals surface area contributed by atoms with E-state index in [2.05, 4.69) is 5.32 Å². The Labute approximate surface area is 112 Å². The standard InChI is InChI=1S/C15H17NO3/c17-14(18)9-8-11-4-3-7-13(10-11)16-15(19)12-5-1-2-6-12/h3-4,7-10,12H,1-2,5-6H2,(H,16,19)(H,17,18)/b9-8+. The molecule has 19 heavy (non-hydrogen) atoms. The molecule has 0 bridgehead atoms. The van der Waals surface area contributed by atoms with Crippen molar-refractivity contribution >= 4 is 23.6 Å². The summed E-state index contributed by atoms with van der Waals surface area (Å²) in [5, 5.41) is 11.5. The van der Waals surface area contributed by atoms with Crippen molar-refractivity contribution in [1.82, 2.24) is 0 Å². The molecule has 1 amide bonds. The molecule has 1 aromatic carbocycles. The largest absolute Gasteiger partial charge is 0.478 e. The summed E-state index contributed by atoms with van der Waals surface area (Å²) < 4.78 is 0. The Morgan fingerprint density at radius 1 is 1.26 bits per heavy atom. The summed E-state index contributed by atoms with van der Waals surface area (Å²) >= 11 is 0. The topological polar surface area (TPSA) is 66.4 Å². The molecular weight excluding hydrogens is 242 g/mol. The van der Waals surface area contributed by atoms with Crippen LogP contribution in [0.15, 0.2) is 30.3 Å². The zero-order valence-electron chi connectivity index (χ0n) is 10.6. The first kappa shape index (κ1) is 13.3. The van der Waals surface area contributed by atoms with Gasteiger partial charge in [-0.05, 0) is 36.6 Å². The number of anilines is 1. The Kier molecular flexibility index (Phi) is 4.34. The number of carbonyl (C=O) groups excluding carboxylic acids is 1. The van der Waals surface area contributed by atoms with E-state index in [0.29, 0.717) is 5.69 Å². The van der Waals surface area contributed by atoms with Crippen LogP contribution >= 0.6 is 0 Å². The summed E-state index contributed by atoms with van der Waals surface area (Å²) in [6.07, 6.45) is 6.76. The molecule has 0 unspecified atom stereocenters. The van der Waals surface area contributed by atoms with Crippen molar-refractivity contribution in [2.45, 2.75) is 25.7 Å². The van der Waals surface area contributed by atoms with E-state index in [9.17, 15) is 9.59 Å². The molecular formula is C15H17NO3. The van der Waals surface area contributed by atoms with Gasteiger partial charge >= 0.3 is 5.97 Å². The number of aliphatic carboxylic acids is 1. The number of benzene rings is 1. The maximum Gasteiger partial charge on any atom is 0.328 e. The minimum Gasteiger partial charge on any atom is -0.478 e. The van der Waals surface area contributed by atoms with Crippen LogP contribution in [0.4, 0.5) is 5.69 Å². The monoisotopic (exact) mass is 259 g/mol. The average molecular weight is 259 g/mol. The Morgan fingerprint density at radius 3 is 2.68 bits per heavy atom. The van der Waals surface area contributed by atoms with Crippen LogP contribution in [0.5, 0.6) is 0 Å². The predicted molar refractivity (Wildman–Crippen MR) is 73.7 cm³/mol. The first-order valence-electron chi connectivity index (χ1n) is 6.47. The minimum atomic E-state index is -0.986. The van der Waals surface area contributed by atoms with Crippen molar-refractivity contribution in [3.8, 4) is 0 Å². The van der Waals surface area contributed by atoms with Gasteiger partial charge in [0.25, 0.3) is 0 Å². The molecule has 1 saturated carbocycles. The third-order valence-electron chi connectivity index (χ3n) is 3.30. The fourth-order valence-corrected chi connectivity index (χ4v) is 2.32. The van der Waals surface area contributed by atoms with Gasteiger partial charge in [-0.2, -0.15) is 0 Å². The summed E-state index contributed by atoms with van der Waals surface area (Å²) in [6.45, 7) is 0. The average Bonchev–Trinajstić information content (AvgIpc) is 2.91. The second-order valence-corrected chi connectivity index (χ2v) is 4.77. The fourth-order valence-electron chi connectivity index (χ4n) is 2.32. The van der Waals surface area contributed by atoms with Crippen molar-refractivity contribution in [3.63, 3.8) is 0 Å². The molecule has 100 valence electrons. The summed E-state index contributed by atoms with van der Waals surface area (Å²) in [7, 11) is 0. The Bertz CT molecular complexity index is 502. The summed E-state index contributed by atoms with van der Waals surface area (Å²) in [5.41, 5.74) is 1.47. The third kappa shape index (κ3) is 3.95. The Balaban J connectivity index is 2.02. The molecule has 0 spiro atoms. The van der Waals surface area contributed by atoms with E-state index in [0.717, 1.165) is 37.3 Å². The smallest absolute Gasteiger partial charge is 0.328 e. The number of rotatable bonds is 4. The number of hydrogen-bond acceptors (Lipinski definition) is 2. The van der Waals surface area contributed by atoms with Crippen molar-refractivity contribution < 1.29 is 14.7 Å². The van der Waals surface area contributed by atoms with Crippen LogP contribution in [0.2, 0.25) is 0 Å². The second-order valence-electron chi connectivity index (χ2n) is 4.77. The minimum absolute atomic E-state index is 0.0665. The molecule has 2 rings (SSSR count). The van der Waals surface area contributed by atoms with E-state index >= 15 is 0 Å². The van der Waals surface area contributed by atoms with Crippen LogP contribution < -0.4 is 5.32 Å². The van der Waals surface area contributed by atoms with E-state index in [1.54, 1.807) is 18.2 Å². The molecule has 1 aliphatic carbocycles. The lowest BCUT2D eigenvalue weighted by atomic mass is 10.1. The van der Waals surface area contributed by atoms with E-state index in [1.165, 1.54) is 6.08 Å². The number of nitrogens with one attached hydrogen (secondary N) is 1. The lowest BCUT2D eigenvalue weighted by Gasteiger charge is -2.10. The lowest BCUT2D eigenvalue weighted by Crippen LogP contribution is -2.20. The van der Waals surface area contributed by atoms with Crippen LogP contribution in [-0.2, 0) is 9.59 Å². The van der Waals surface area contributed by atoms with Gasteiger partial charge in [0.15, 0.2) is 0 Å². The van der Waals surface area contributed by atoms with Crippen LogP contribution in [0.3, 0.4) is 0 Å². The van der Waals surface area contributed by atoms with E-state index in [1.807, 2.05) is 6.07 Å². The summed E-state index contributed by atoms with van der Waals surface area (Å²) in [5.74, 6) is -0.796. The van der Waals surface area contributed by atoms with Gasteiger partial charge in [0.2, 0.25) is 5.91 Å². The Morgan fingerprint density at radius 2 is 2.00 bits per heavy atom. The number of hydrogen-bond donors (Lipinski definition) is 2. The van der Waals surface area contributed by atoms with Crippen LogP contribution in [-0.4, -0.2) is 17.0 Å². The van der Waals surface area contributed by atoms with Gasteiger partial charge in [0.1, 0.15) is 0 Å². The predicted octanol–water partition coefficient (Wildman–Crippen LogP) is 2.91. The SMILES string of the molecule is O=C(O)/C=C/c1cccc(NC(=O)C2CCCC2)c1. The quantitative estimate of drug-likeness (QED) is 0.817. The lowest BCUT2D eigenvalue weighted by molar-refractivity contribution is -0.131. The maximum atomic E-state index is 12.0. The molecule has 0 heterocycles. The fraction of sp³-hybridized carbons (Fsp3) is 0.333. The van der Waals surface area contributed by atoms with Gasteiger partial charge in [-0.1, -0.05) is 25.0 Å². The molecule has 0 aliphatic heterocycles. The van der Waals surface area contributed by atoms with Gasteiger partial charge in [-0.3, -0.25) is 4.79 Å². The summed E-state index contributed by atoms with van der Waals surface area (Å²) in [6, 6.07) is 7.17. The van der Waals surface area contributed by atoms with E-state index < -0.39 is 5.97 Å². The van der Waals surface area contributed by atoms with Gasteiger partial charge in [-0.25, -0.2) is 4.79 Å². The molecule has 1 fully saturated rings. The van der Waals surface area contributed by atoms with Crippen LogP contribution in [0, 0.1) is 5.92 Å². The number of carbonyl (C=O) groups is 2. The van der Waals surface area contributed by atoms with Gasteiger partial charge in [0, 0.05) is 17.7 Å². The highest BCUT2D eigenvalue weighted by Gasteiger charge is 2.22. The number of carboxylic acid groups (broad SMARTS) is 1. The normalized spacial score (nSPS) is 15.8. The molecule has 4 nitrogen and oxygen atoms in total. The van der Waals surface area contributed by atoms with Gasteiger partial charge < -0.3 is 10.4 Å². The zero-order chi connectivity index (χ0) is 13.7. The molecule has 0 aromatic heterocycles. The molecule has 0 saturated heterocycles. The van der Waals surface area contributed by atoms with Crippen molar-refractivity contribution in [1.29, 1.82) is 0 Å². The Hall–Kier alpha value is -2.10. The molecule has 1 aromatic rings. The van der Waals surface area contributed by atoms with Crippen LogP contribution in [0.25, 0.3) is 6.08 Å². The van der Waals surface area contributed by atoms with Crippen LogP contribution in [0.1, 0.15) is 31.2 Å². The highest BCUT2D eigenvalue weighted by molar-refractivity contribution is 5.93. The van der Waals surface area contributed by atoms with E-state index in [4.69, 9.17) is 5.11 Å². The number of amides is 1. The first-order chi connectivity index (χ1) is 9.15. The molecule has 0 atom stereocenters. The van der Waals surface area contributed by atoms with Crippen molar-refractivity contribution in [2.75, 3.05) is 5.32 Å². The molecule has 4 heteroatoms. The highest BCUT2D eigenvalue weighted by atomic mass is 16.4. The van der Waals surface area contributed by atoms with E-state index in [-0.39, 0.29) is 11.8 Å². The third-order valence-corrected chi connectivity index (χ3v) is 3.30. The second kappa shape index (κ2) is 6.18. The van der Waals surface area contributed by atoms with Crippen molar-refractivity contribution in [2.24, 2.45) is 5.92 Å². The van der Waals surface area contributed by atoms with Gasteiger partial charge in [0.05, 0.1) is 0 Å².